The van der Waals surface area contributed by atoms with Crippen molar-refractivity contribution in [2.24, 2.45) is 0 Å². The lowest BCUT2D eigenvalue weighted by Gasteiger charge is -2.04. The molecule has 0 atom stereocenters. The van der Waals surface area contributed by atoms with Crippen molar-refractivity contribution in [3.8, 4) is 0 Å². The Labute approximate surface area is 84.0 Å². The first-order valence-corrected chi connectivity index (χ1v) is 5.57. The van der Waals surface area contributed by atoms with Crippen LogP contribution in [0.4, 0.5) is 11.4 Å². The second-order valence-electron chi connectivity index (χ2n) is 2.50. The lowest BCUT2D eigenvalue weighted by atomic mass is 10.2. The third-order valence-electron chi connectivity index (χ3n) is 1.64. The van der Waals surface area contributed by atoms with Crippen LogP contribution in [0, 0.1) is 0 Å². The van der Waals surface area contributed by atoms with E-state index in [-0.39, 0.29) is 0 Å². The minimum absolute atomic E-state index is 0.703. The Morgan fingerprint density at radius 2 is 2.08 bits per heavy atom. The van der Waals surface area contributed by atoms with Gasteiger partial charge in [0, 0.05) is 6.26 Å². The SMILES string of the molecule is CSNc1cc2nsnc2cc1N. The molecule has 1 aromatic carbocycles. The molecule has 6 heteroatoms. The molecule has 0 radical (unpaired) electrons. The van der Waals surface area contributed by atoms with Crippen molar-refractivity contribution < 1.29 is 0 Å². The van der Waals surface area contributed by atoms with Gasteiger partial charge in [-0.25, -0.2) is 0 Å². The van der Waals surface area contributed by atoms with E-state index in [2.05, 4.69) is 13.5 Å². The van der Waals surface area contributed by atoms with Crippen molar-refractivity contribution in [3.63, 3.8) is 0 Å². The molecule has 3 N–H and O–H groups in total. The second-order valence-corrected chi connectivity index (χ2v) is 3.64. The number of nitrogen functional groups attached to an aromatic ring is 1. The fourth-order valence-corrected chi connectivity index (χ4v) is 1.95. The molecule has 0 bridgehead atoms. The highest BCUT2D eigenvalue weighted by Gasteiger charge is 2.03. The molecular weight excluding hydrogens is 204 g/mol. The lowest BCUT2D eigenvalue weighted by molar-refractivity contribution is 1.62. The molecule has 4 nitrogen and oxygen atoms in total. The zero-order valence-electron chi connectivity index (χ0n) is 6.94. The smallest absolute Gasteiger partial charge is 0.107 e. The molecule has 2 aromatic rings. The molecule has 68 valence electrons. The van der Waals surface area contributed by atoms with E-state index >= 15 is 0 Å². The number of anilines is 2. The molecule has 0 aliphatic carbocycles. The number of nitrogens with two attached hydrogens (primary N) is 1. The molecule has 13 heavy (non-hydrogen) atoms. The molecule has 1 heterocycles. The van der Waals surface area contributed by atoms with Crippen LogP contribution in [0.15, 0.2) is 12.1 Å². The van der Waals surface area contributed by atoms with Gasteiger partial charge in [-0.2, -0.15) is 8.75 Å². The van der Waals surface area contributed by atoms with Crippen molar-refractivity contribution in [2.45, 2.75) is 0 Å². The molecule has 0 aliphatic heterocycles. The van der Waals surface area contributed by atoms with Crippen LogP contribution in [-0.2, 0) is 0 Å². The second kappa shape index (κ2) is 3.39. The fraction of sp³-hybridized carbons (Fsp3) is 0.143. The standard InChI is InChI=1S/C7H8N4S2/c1-12-9-5-3-7-6(2-4(5)8)10-13-11-7/h2-3,9H,8H2,1H3. The number of nitrogens with one attached hydrogen (secondary N) is 1. The topological polar surface area (TPSA) is 63.8 Å². The largest absolute Gasteiger partial charge is 0.397 e. The zero-order valence-corrected chi connectivity index (χ0v) is 8.58. The normalized spacial score (nSPS) is 10.5. The third-order valence-corrected chi connectivity index (χ3v) is 2.62. The summed E-state index contributed by atoms with van der Waals surface area (Å²) in [5.74, 6) is 0. The van der Waals surface area contributed by atoms with E-state index in [1.807, 2.05) is 18.4 Å². The Bertz CT molecular complexity index is 425. The van der Waals surface area contributed by atoms with Gasteiger partial charge in [-0.3, -0.25) is 0 Å². The summed E-state index contributed by atoms with van der Waals surface area (Å²) in [5.41, 5.74) is 9.13. The lowest BCUT2D eigenvalue weighted by Crippen LogP contribution is -1.93. The summed E-state index contributed by atoms with van der Waals surface area (Å²) in [6.45, 7) is 0. The average Bonchev–Trinajstić information content (AvgIpc) is 2.52. The molecule has 0 aliphatic rings. The zero-order chi connectivity index (χ0) is 9.26. The fourth-order valence-electron chi connectivity index (χ4n) is 1.05. The van der Waals surface area contributed by atoms with Gasteiger partial charge in [0.2, 0.25) is 0 Å². The maximum absolute atomic E-state index is 5.79. The van der Waals surface area contributed by atoms with Gasteiger partial charge in [0.1, 0.15) is 11.0 Å². The van der Waals surface area contributed by atoms with Gasteiger partial charge in [-0.1, -0.05) is 11.9 Å². The number of benzene rings is 1. The number of rotatable bonds is 2. The first-order chi connectivity index (χ1) is 6.31. The van der Waals surface area contributed by atoms with Crippen LogP contribution in [0.2, 0.25) is 0 Å². The van der Waals surface area contributed by atoms with Gasteiger partial charge in [0.15, 0.2) is 0 Å². The van der Waals surface area contributed by atoms with Crippen molar-refractivity contribution in [1.29, 1.82) is 0 Å². The molecule has 0 amide bonds. The molecule has 1 aromatic heterocycles. The number of nitrogens with zero attached hydrogens (tertiary/aromatic N) is 2. The first kappa shape index (κ1) is 8.58. The minimum Gasteiger partial charge on any atom is -0.397 e. The summed E-state index contributed by atoms with van der Waals surface area (Å²) in [4.78, 5) is 0. The van der Waals surface area contributed by atoms with Crippen LogP contribution in [0.3, 0.4) is 0 Å². The van der Waals surface area contributed by atoms with Gasteiger partial charge in [-0.05, 0) is 12.1 Å². The molecular formula is C7H8N4S2. The maximum Gasteiger partial charge on any atom is 0.107 e. The van der Waals surface area contributed by atoms with Gasteiger partial charge in [-0.15, -0.1) is 0 Å². The molecule has 2 rings (SSSR count). The van der Waals surface area contributed by atoms with E-state index < -0.39 is 0 Å². The Kier molecular flexibility index (Phi) is 2.24. The average molecular weight is 212 g/mol. The monoisotopic (exact) mass is 212 g/mol. The summed E-state index contributed by atoms with van der Waals surface area (Å²) >= 11 is 2.70. The summed E-state index contributed by atoms with van der Waals surface area (Å²) in [7, 11) is 0. The van der Waals surface area contributed by atoms with Crippen molar-refractivity contribution in [2.75, 3.05) is 16.7 Å². The van der Waals surface area contributed by atoms with E-state index in [1.54, 1.807) is 0 Å². The van der Waals surface area contributed by atoms with Crippen LogP contribution in [0.5, 0.6) is 0 Å². The van der Waals surface area contributed by atoms with E-state index in [4.69, 9.17) is 5.73 Å². The quantitative estimate of drug-likeness (QED) is 0.588. The van der Waals surface area contributed by atoms with Crippen LogP contribution >= 0.6 is 23.7 Å². The predicted octanol–water partition coefficient (Wildman–Crippen LogP) is 1.96. The van der Waals surface area contributed by atoms with Crippen molar-refractivity contribution in [1.82, 2.24) is 8.75 Å². The van der Waals surface area contributed by atoms with Crippen LogP contribution in [0.25, 0.3) is 11.0 Å². The molecule has 0 spiro atoms. The molecule has 0 fully saturated rings. The highest BCUT2D eigenvalue weighted by Crippen LogP contribution is 2.26. The van der Waals surface area contributed by atoms with Crippen LogP contribution in [-0.4, -0.2) is 15.0 Å². The summed E-state index contributed by atoms with van der Waals surface area (Å²) < 4.78 is 11.3. The van der Waals surface area contributed by atoms with E-state index in [9.17, 15) is 0 Å². The summed E-state index contributed by atoms with van der Waals surface area (Å²) in [6.07, 6.45) is 1.95. The van der Waals surface area contributed by atoms with E-state index in [0.29, 0.717) is 5.69 Å². The summed E-state index contributed by atoms with van der Waals surface area (Å²) in [6, 6.07) is 3.74. The Morgan fingerprint density at radius 1 is 1.38 bits per heavy atom. The molecule has 0 unspecified atom stereocenters. The maximum atomic E-state index is 5.79. The molecule has 0 saturated carbocycles. The Morgan fingerprint density at radius 3 is 2.77 bits per heavy atom. The van der Waals surface area contributed by atoms with Gasteiger partial charge >= 0.3 is 0 Å². The predicted molar refractivity (Wildman–Crippen MR) is 59.0 cm³/mol. The summed E-state index contributed by atoms with van der Waals surface area (Å²) in [5, 5.41) is 0. The number of hydrogen-bond acceptors (Lipinski definition) is 6. The van der Waals surface area contributed by atoms with Crippen molar-refractivity contribution in [3.05, 3.63) is 12.1 Å². The number of fused-ring (bicyclic) bond motifs is 1. The highest BCUT2D eigenvalue weighted by molar-refractivity contribution is 7.99. The Hall–Kier alpha value is -1.01. The number of hydrogen-bond donors (Lipinski definition) is 2. The van der Waals surface area contributed by atoms with Gasteiger partial charge in [0.05, 0.1) is 23.1 Å². The minimum atomic E-state index is 0.703. The third kappa shape index (κ3) is 1.54. The number of aromatic nitrogens is 2. The molecule has 0 saturated heterocycles. The van der Waals surface area contributed by atoms with Gasteiger partial charge in [0.25, 0.3) is 0 Å². The van der Waals surface area contributed by atoms with E-state index in [1.165, 1.54) is 23.7 Å². The van der Waals surface area contributed by atoms with Crippen LogP contribution < -0.4 is 10.5 Å². The van der Waals surface area contributed by atoms with E-state index in [0.717, 1.165) is 16.7 Å². The van der Waals surface area contributed by atoms with Crippen molar-refractivity contribution >= 4 is 46.1 Å². The first-order valence-electron chi connectivity index (χ1n) is 3.62. The van der Waals surface area contributed by atoms with Crippen LogP contribution in [0.1, 0.15) is 0 Å². The Balaban J connectivity index is 2.56. The van der Waals surface area contributed by atoms with Gasteiger partial charge < -0.3 is 10.5 Å². The highest BCUT2D eigenvalue weighted by atomic mass is 32.2.